The van der Waals surface area contributed by atoms with Gasteiger partial charge in [-0.15, -0.1) is 0 Å². The SMILES string of the molecule is COC(=O)NC(C)CNc1nccc(-c2cn(C(C)C)nc2-c2cccc(NS(=O)(=O)CCC(F)(F)F)c2F)n1. The van der Waals surface area contributed by atoms with Gasteiger partial charge in [-0.25, -0.2) is 27.6 Å². The van der Waals surface area contributed by atoms with Gasteiger partial charge in [0.05, 0.1) is 30.7 Å². The minimum Gasteiger partial charge on any atom is -0.453 e. The highest BCUT2D eigenvalue weighted by Crippen LogP contribution is 2.35. The Morgan fingerprint density at radius 2 is 1.88 bits per heavy atom. The van der Waals surface area contributed by atoms with E-state index in [1.54, 1.807) is 23.9 Å². The van der Waals surface area contributed by atoms with E-state index in [9.17, 15) is 26.4 Å². The van der Waals surface area contributed by atoms with Crippen LogP contribution in [0.5, 0.6) is 0 Å². The van der Waals surface area contributed by atoms with Crippen LogP contribution < -0.4 is 15.4 Å². The third kappa shape index (κ3) is 8.27. The first kappa shape index (κ1) is 30.6. The van der Waals surface area contributed by atoms with Gasteiger partial charge in [0.2, 0.25) is 16.0 Å². The van der Waals surface area contributed by atoms with E-state index in [4.69, 9.17) is 0 Å². The van der Waals surface area contributed by atoms with Gasteiger partial charge in [-0.3, -0.25) is 9.40 Å². The molecular formula is C24H29F4N7O4S. The van der Waals surface area contributed by atoms with E-state index in [2.05, 4.69) is 30.4 Å². The number of hydrogen-bond acceptors (Lipinski definition) is 8. The van der Waals surface area contributed by atoms with Gasteiger partial charge in [-0.1, -0.05) is 6.07 Å². The summed E-state index contributed by atoms with van der Waals surface area (Å²) in [6, 6.07) is 4.97. The van der Waals surface area contributed by atoms with Crippen LogP contribution in [0.1, 0.15) is 33.2 Å². The van der Waals surface area contributed by atoms with Gasteiger partial charge in [0.25, 0.3) is 0 Å². The van der Waals surface area contributed by atoms with Crippen LogP contribution in [0.4, 0.5) is 34.0 Å². The van der Waals surface area contributed by atoms with Crippen LogP contribution in [0.2, 0.25) is 0 Å². The highest BCUT2D eigenvalue weighted by atomic mass is 32.2. The zero-order valence-electron chi connectivity index (χ0n) is 22.1. The molecule has 1 amide bonds. The highest BCUT2D eigenvalue weighted by Gasteiger charge is 2.30. The van der Waals surface area contributed by atoms with Gasteiger partial charge in [0, 0.05) is 42.1 Å². The molecule has 3 aromatic rings. The summed E-state index contributed by atoms with van der Waals surface area (Å²) in [7, 11) is -3.24. The van der Waals surface area contributed by atoms with Crippen LogP contribution >= 0.6 is 0 Å². The van der Waals surface area contributed by atoms with Crippen molar-refractivity contribution in [3.05, 3.63) is 42.5 Å². The number of benzene rings is 1. The molecule has 3 rings (SSSR count). The molecule has 218 valence electrons. The summed E-state index contributed by atoms with van der Waals surface area (Å²) >= 11 is 0. The van der Waals surface area contributed by atoms with Crippen molar-refractivity contribution < 1.29 is 35.5 Å². The molecule has 1 atom stereocenters. The number of methoxy groups -OCH3 is 1. The van der Waals surface area contributed by atoms with Gasteiger partial charge in [-0.05, 0) is 39.0 Å². The summed E-state index contributed by atoms with van der Waals surface area (Å²) in [6.07, 6.45) is -3.74. The Hall–Kier alpha value is -3.95. The maximum absolute atomic E-state index is 15.6. The van der Waals surface area contributed by atoms with Gasteiger partial charge in [0.1, 0.15) is 5.69 Å². The topological polar surface area (TPSA) is 140 Å². The number of aromatic nitrogens is 4. The van der Waals surface area contributed by atoms with E-state index < -0.39 is 46.0 Å². The van der Waals surface area contributed by atoms with Crippen molar-refractivity contribution in [3.8, 4) is 22.5 Å². The number of alkyl halides is 3. The minimum absolute atomic E-state index is 0.0885. The number of sulfonamides is 1. The van der Waals surface area contributed by atoms with E-state index in [1.165, 1.54) is 25.4 Å². The average molecular weight is 588 g/mol. The lowest BCUT2D eigenvalue weighted by Crippen LogP contribution is -2.37. The van der Waals surface area contributed by atoms with Crippen molar-refractivity contribution in [2.24, 2.45) is 0 Å². The molecule has 0 aliphatic rings. The van der Waals surface area contributed by atoms with Crippen LogP contribution in [-0.4, -0.2) is 65.9 Å². The third-order valence-corrected chi connectivity index (χ3v) is 6.75. The molecule has 0 spiro atoms. The molecule has 2 aromatic heterocycles. The number of rotatable bonds is 11. The number of nitrogens with zero attached hydrogens (tertiary/aromatic N) is 4. The molecule has 3 N–H and O–H groups in total. The van der Waals surface area contributed by atoms with E-state index in [-0.39, 0.29) is 35.8 Å². The van der Waals surface area contributed by atoms with Crippen molar-refractivity contribution >= 4 is 27.8 Å². The van der Waals surface area contributed by atoms with Crippen molar-refractivity contribution in [2.75, 3.05) is 29.4 Å². The van der Waals surface area contributed by atoms with Crippen LogP contribution in [0.25, 0.3) is 22.5 Å². The van der Waals surface area contributed by atoms with E-state index in [1.807, 2.05) is 18.6 Å². The Balaban J connectivity index is 1.94. The Bertz CT molecular complexity index is 1450. The summed E-state index contributed by atoms with van der Waals surface area (Å²) in [4.78, 5) is 20.0. The Kier molecular flexibility index (Phi) is 9.55. The Morgan fingerprint density at radius 3 is 2.52 bits per heavy atom. The first-order valence-corrected chi connectivity index (χ1v) is 13.7. The number of halogens is 4. The number of ether oxygens (including phenoxy) is 1. The summed E-state index contributed by atoms with van der Waals surface area (Å²) in [6.45, 7) is 5.71. The molecule has 0 aliphatic carbocycles. The Morgan fingerprint density at radius 1 is 1.15 bits per heavy atom. The lowest BCUT2D eigenvalue weighted by molar-refractivity contribution is -0.129. The summed E-state index contributed by atoms with van der Waals surface area (Å²) in [5.74, 6) is -2.05. The predicted molar refractivity (Wildman–Crippen MR) is 141 cm³/mol. The molecule has 0 fully saturated rings. The maximum Gasteiger partial charge on any atom is 0.407 e. The second kappa shape index (κ2) is 12.5. The number of carbonyl (C=O) groups excluding carboxylic acids is 1. The molecule has 0 saturated heterocycles. The maximum atomic E-state index is 15.6. The normalized spacial score (nSPS) is 12.7. The third-order valence-electron chi connectivity index (χ3n) is 5.48. The second-order valence-electron chi connectivity index (χ2n) is 9.10. The monoisotopic (exact) mass is 587 g/mol. The fourth-order valence-corrected chi connectivity index (χ4v) is 4.55. The Labute approximate surface area is 228 Å². The molecule has 16 heteroatoms. The van der Waals surface area contributed by atoms with Crippen molar-refractivity contribution in [2.45, 2.75) is 45.5 Å². The number of carbonyl (C=O) groups is 1. The first-order valence-electron chi connectivity index (χ1n) is 12.1. The van der Waals surface area contributed by atoms with Crippen molar-refractivity contribution in [3.63, 3.8) is 0 Å². The number of alkyl carbamates (subject to hydrolysis) is 1. The summed E-state index contributed by atoms with van der Waals surface area (Å²) < 4.78 is 85.6. The standard InChI is InChI=1S/C24H29F4N7O4S/c1-14(2)35-13-17(18-8-10-29-22(32-18)30-12-15(3)31-23(36)39-4)21(33-35)16-6-5-7-19(20(16)25)34-40(37,38)11-9-24(26,27)28/h5-8,10,13-15,34H,9,11-12H2,1-4H3,(H,31,36)(H,29,30,32). The molecule has 40 heavy (non-hydrogen) atoms. The zero-order valence-corrected chi connectivity index (χ0v) is 22.9. The van der Waals surface area contributed by atoms with Crippen molar-refractivity contribution in [1.82, 2.24) is 25.1 Å². The number of anilines is 2. The van der Waals surface area contributed by atoms with Gasteiger partial charge in [-0.2, -0.15) is 18.3 Å². The molecule has 0 aliphatic heterocycles. The molecular weight excluding hydrogens is 558 g/mol. The summed E-state index contributed by atoms with van der Waals surface area (Å²) in [5, 5.41) is 10.1. The molecule has 0 bridgehead atoms. The number of nitrogens with one attached hydrogen (secondary N) is 3. The smallest absolute Gasteiger partial charge is 0.407 e. The lowest BCUT2D eigenvalue weighted by Gasteiger charge is -2.14. The van der Waals surface area contributed by atoms with Gasteiger partial charge >= 0.3 is 12.3 Å². The van der Waals surface area contributed by atoms with E-state index in [0.717, 1.165) is 6.07 Å². The van der Waals surface area contributed by atoms with Crippen molar-refractivity contribution in [1.29, 1.82) is 0 Å². The predicted octanol–water partition coefficient (Wildman–Crippen LogP) is 4.58. The van der Waals surface area contributed by atoms with Gasteiger partial charge < -0.3 is 15.4 Å². The highest BCUT2D eigenvalue weighted by molar-refractivity contribution is 7.92. The average Bonchev–Trinajstić information content (AvgIpc) is 3.33. The van der Waals surface area contributed by atoms with Crippen LogP contribution in [0.3, 0.4) is 0 Å². The van der Waals surface area contributed by atoms with E-state index in [0.29, 0.717) is 11.3 Å². The zero-order chi connectivity index (χ0) is 29.7. The van der Waals surface area contributed by atoms with Crippen LogP contribution in [0.15, 0.2) is 36.7 Å². The molecule has 0 saturated carbocycles. The lowest BCUT2D eigenvalue weighted by atomic mass is 10.0. The second-order valence-corrected chi connectivity index (χ2v) is 10.9. The fraction of sp³-hybridized carbons (Fsp3) is 0.417. The quantitative estimate of drug-likeness (QED) is 0.277. The van der Waals surface area contributed by atoms with Crippen LogP contribution in [0, 0.1) is 5.82 Å². The molecule has 1 unspecified atom stereocenters. The summed E-state index contributed by atoms with van der Waals surface area (Å²) in [5.41, 5.74) is 0.295. The molecule has 1 aromatic carbocycles. The van der Waals surface area contributed by atoms with Crippen LogP contribution in [-0.2, 0) is 14.8 Å². The molecule has 11 nitrogen and oxygen atoms in total. The number of hydrogen-bond donors (Lipinski definition) is 3. The van der Waals surface area contributed by atoms with E-state index >= 15 is 4.39 Å². The minimum atomic E-state index is -4.69. The van der Waals surface area contributed by atoms with Gasteiger partial charge in [0.15, 0.2) is 5.82 Å². The first-order chi connectivity index (χ1) is 18.7. The molecule has 0 radical (unpaired) electrons. The molecule has 2 heterocycles. The fourth-order valence-electron chi connectivity index (χ4n) is 3.45. The number of amides is 1. The largest absolute Gasteiger partial charge is 0.453 e.